The van der Waals surface area contributed by atoms with Crippen LogP contribution >= 0.6 is 0 Å². The maximum atomic E-state index is 12.9. The van der Waals surface area contributed by atoms with E-state index in [9.17, 15) is 18.3 Å². The van der Waals surface area contributed by atoms with Crippen LogP contribution < -0.4 is 5.32 Å². The van der Waals surface area contributed by atoms with E-state index in [0.717, 1.165) is 6.07 Å². The van der Waals surface area contributed by atoms with Gasteiger partial charge < -0.3 is 10.4 Å². The molecule has 0 spiro atoms. The summed E-state index contributed by atoms with van der Waals surface area (Å²) in [6.45, 7) is 1.87. The van der Waals surface area contributed by atoms with Gasteiger partial charge in [0.15, 0.2) is 0 Å². The van der Waals surface area contributed by atoms with Crippen molar-refractivity contribution in [3.63, 3.8) is 0 Å². The van der Waals surface area contributed by atoms with Crippen molar-refractivity contribution < 1.29 is 18.3 Å². The maximum Gasteiger partial charge on any atom is 0.433 e. The highest BCUT2D eigenvalue weighted by Crippen LogP contribution is 2.33. The highest BCUT2D eigenvalue weighted by atomic mass is 19.4. The monoisotopic (exact) mass is 284 g/mol. The van der Waals surface area contributed by atoms with Crippen LogP contribution in [0.4, 0.5) is 13.2 Å². The van der Waals surface area contributed by atoms with E-state index in [2.05, 4.69) is 10.3 Å². The zero-order valence-corrected chi connectivity index (χ0v) is 11.1. The zero-order valence-electron chi connectivity index (χ0n) is 11.1. The van der Waals surface area contributed by atoms with Gasteiger partial charge in [0.25, 0.3) is 0 Å². The Balaban J connectivity index is 2.73. The number of nitrogens with one attached hydrogen (secondary N) is 1. The molecule has 0 saturated carbocycles. The van der Waals surface area contributed by atoms with Crippen molar-refractivity contribution in [1.29, 1.82) is 0 Å². The highest BCUT2D eigenvalue weighted by Gasteiger charge is 2.34. The van der Waals surface area contributed by atoms with Crippen LogP contribution in [0, 0.1) is 6.92 Å². The lowest BCUT2D eigenvalue weighted by Crippen LogP contribution is -2.18. The molecule has 0 aliphatic rings. The highest BCUT2D eigenvalue weighted by molar-refractivity contribution is 5.85. The number of fused-ring (bicyclic) bond motifs is 1. The van der Waals surface area contributed by atoms with Gasteiger partial charge in [0.05, 0.1) is 11.6 Å². The predicted molar refractivity (Wildman–Crippen MR) is 70.4 cm³/mol. The predicted octanol–water partition coefficient (Wildman–Crippen LogP) is 2.81. The fourth-order valence-electron chi connectivity index (χ4n) is 2.14. The van der Waals surface area contributed by atoms with Gasteiger partial charge in [-0.1, -0.05) is 18.2 Å². The number of pyridine rings is 1. The number of benzene rings is 1. The van der Waals surface area contributed by atoms with Gasteiger partial charge in [0.2, 0.25) is 0 Å². The summed E-state index contributed by atoms with van der Waals surface area (Å²) in [6, 6.07) is 6.03. The van der Waals surface area contributed by atoms with E-state index in [1.165, 1.54) is 0 Å². The van der Waals surface area contributed by atoms with Crippen LogP contribution in [0.3, 0.4) is 0 Å². The summed E-state index contributed by atoms with van der Waals surface area (Å²) in [6.07, 6.45) is -5.56. The summed E-state index contributed by atoms with van der Waals surface area (Å²) in [7, 11) is 1.63. The average Bonchev–Trinajstić information content (AvgIpc) is 2.37. The minimum Gasteiger partial charge on any atom is -0.387 e. The normalized spacial score (nSPS) is 13.7. The van der Waals surface area contributed by atoms with Gasteiger partial charge in [-0.15, -0.1) is 0 Å². The zero-order chi connectivity index (χ0) is 14.9. The van der Waals surface area contributed by atoms with Crippen LogP contribution in [-0.4, -0.2) is 23.7 Å². The topological polar surface area (TPSA) is 45.1 Å². The summed E-state index contributed by atoms with van der Waals surface area (Å²) >= 11 is 0. The molecular formula is C14H15F3N2O. The molecule has 0 fully saturated rings. The Kier molecular flexibility index (Phi) is 3.96. The van der Waals surface area contributed by atoms with E-state index < -0.39 is 18.0 Å². The first kappa shape index (κ1) is 14.7. The lowest BCUT2D eigenvalue weighted by Gasteiger charge is -2.16. The Labute approximate surface area is 114 Å². The Morgan fingerprint density at radius 1 is 1.35 bits per heavy atom. The molecule has 0 bridgehead atoms. The molecular weight excluding hydrogens is 269 g/mol. The van der Waals surface area contributed by atoms with Crippen LogP contribution in [0.25, 0.3) is 10.9 Å². The molecule has 6 heteroatoms. The molecule has 3 nitrogen and oxygen atoms in total. The first-order valence-corrected chi connectivity index (χ1v) is 6.14. The standard InChI is InChI=1S/C14H15F3N2O/c1-8-4-3-5-9-10(11(20)7-18-2)6-12(14(15,16)17)19-13(8)9/h3-6,11,18,20H,7H2,1-2H3. The summed E-state index contributed by atoms with van der Waals surface area (Å²) < 4.78 is 38.8. The number of halogens is 3. The second-order valence-corrected chi connectivity index (χ2v) is 4.64. The SMILES string of the molecule is CNCC(O)c1cc(C(F)(F)F)nc2c(C)cccc12. The number of aryl methyl sites for hydroxylation is 1. The number of likely N-dealkylation sites (N-methyl/N-ethyl adjacent to an activating group) is 1. The Hall–Kier alpha value is -1.66. The van der Waals surface area contributed by atoms with Gasteiger partial charge in [-0.2, -0.15) is 13.2 Å². The number of alkyl halides is 3. The maximum absolute atomic E-state index is 12.9. The molecule has 0 saturated heterocycles. The third-order valence-corrected chi connectivity index (χ3v) is 3.12. The van der Waals surface area contributed by atoms with Gasteiger partial charge in [0, 0.05) is 11.9 Å². The molecule has 108 valence electrons. The minimum absolute atomic E-state index is 0.171. The van der Waals surface area contributed by atoms with Crippen molar-refractivity contribution in [2.24, 2.45) is 0 Å². The number of aromatic nitrogens is 1. The van der Waals surface area contributed by atoms with E-state index in [1.807, 2.05) is 0 Å². The third-order valence-electron chi connectivity index (χ3n) is 3.12. The lowest BCUT2D eigenvalue weighted by atomic mass is 10.00. The molecule has 0 aliphatic heterocycles. The van der Waals surface area contributed by atoms with Crippen molar-refractivity contribution in [3.8, 4) is 0 Å². The molecule has 0 aliphatic carbocycles. The molecule has 1 atom stereocenters. The van der Waals surface area contributed by atoms with Gasteiger partial charge in [-0.3, -0.25) is 0 Å². The van der Waals surface area contributed by atoms with Gasteiger partial charge in [-0.05, 0) is 31.2 Å². The number of hydrogen-bond acceptors (Lipinski definition) is 3. The van der Waals surface area contributed by atoms with E-state index in [-0.39, 0.29) is 17.6 Å². The molecule has 2 aromatic rings. The van der Waals surface area contributed by atoms with Crippen molar-refractivity contribution in [2.75, 3.05) is 13.6 Å². The molecule has 1 unspecified atom stereocenters. The molecule has 20 heavy (non-hydrogen) atoms. The smallest absolute Gasteiger partial charge is 0.387 e. The molecule has 2 N–H and O–H groups in total. The Morgan fingerprint density at radius 2 is 2.05 bits per heavy atom. The van der Waals surface area contributed by atoms with E-state index in [1.54, 1.807) is 32.2 Å². The number of para-hydroxylation sites is 1. The quantitative estimate of drug-likeness (QED) is 0.911. The number of aliphatic hydroxyl groups excluding tert-OH is 1. The number of nitrogens with zero attached hydrogens (tertiary/aromatic N) is 1. The molecule has 0 radical (unpaired) electrons. The fraction of sp³-hybridized carbons (Fsp3) is 0.357. The molecule has 2 rings (SSSR count). The summed E-state index contributed by atoms with van der Waals surface area (Å²) in [5.41, 5.74) is 0.170. The van der Waals surface area contributed by atoms with E-state index >= 15 is 0 Å². The summed E-state index contributed by atoms with van der Waals surface area (Å²) in [4.78, 5) is 3.69. The Morgan fingerprint density at radius 3 is 2.65 bits per heavy atom. The Bertz CT molecular complexity index is 626. The summed E-state index contributed by atoms with van der Waals surface area (Å²) in [5, 5.41) is 13.3. The van der Waals surface area contributed by atoms with Crippen LogP contribution in [-0.2, 0) is 6.18 Å². The van der Waals surface area contributed by atoms with Crippen LogP contribution in [0.2, 0.25) is 0 Å². The van der Waals surface area contributed by atoms with Crippen molar-refractivity contribution in [1.82, 2.24) is 10.3 Å². The molecule has 0 amide bonds. The minimum atomic E-state index is -4.54. The van der Waals surface area contributed by atoms with Crippen LogP contribution in [0.1, 0.15) is 22.9 Å². The van der Waals surface area contributed by atoms with Gasteiger partial charge in [-0.25, -0.2) is 4.98 Å². The third kappa shape index (κ3) is 2.76. The largest absolute Gasteiger partial charge is 0.433 e. The van der Waals surface area contributed by atoms with Crippen LogP contribution in [0.15, 0.2) is 24.3 Å². The average molecular weight is 284 g/mol. The van der Waals surface area contributed by atoms with Crippen molar-refractivity contribution >= 4 is 10.9 Å². The van der Waals surface area contributed by atoms with E-state index in [4.69, 9.17) is 0 Å². The van der Waals surface area contributed by atoms with Crippen molar-refractivity contribution in [3.05, 3.63) is 41.1 Å². The molecule has 1 heterocycles. The second-order valence-electron chi connectivity index (χ2n) is 4.64. The van der Waals surface area contributed by atoms with Crippen molar-refractivity contribution in [2.45, 2.75) is 19.2 Å². The first-order chi connectivity index (χ1) is 9.34. The second kappa shape index (κ2) is 5.38. The van der Waals surface area contributed by atoms with Gasteiger partial charge in [0.1, 0.15) is 5.69 Å². The number of aliphatic hydroxyl groups is 1. The first-order valence-electron chi connectivity index (χ1n) is 6.14. The van der Waals surface area contributed by atoms with E-state index in [0.29, 0.717) is 10.9 Å². The van der Waals surface area contributed by atoms with Gasteiger partial charge >= 0.3 is 6.18 Å². The molecule has 1 aromatic heterocycles. The number of hydrogen-bond donors (Lipinski definition) is 2. The molecule has 1 aromatic carbocycles. The van der Waals surface area contributed by atoms with Crippen LogP contribution in [0.5, 0.6) is 0 Å². The lowest BCUT2D eigenvalue weighted by molar-refractivity contribution is -0.141. The number of rotatable bonds is 3. The fourth-order valence-corrected chi connectivity index (χ4v) is 2.14. The summed E-state index contributed by atoms with van der Waals surface area (Å²) in [5.74, 6) is 0.